The number of aromatic nitrogens is 1. The minimum Gasteiger partial charge on any atom is -0.310 e. The summed E-state index contributed by atoms with van der Waals surface area (Å²) in [6.45, 7) is 16.5. The molecule has 0 aliphatic heterocycles. The molecule has 8 aromatic rings. The fraction of sp³-hybridized carbons (Fsp3) is 0. The first-order valence-corrected chi connectivity index (χ1v) is 17.9. The van der Waals surface area contributed by atoms with E-state index in [9.17, 15) is 0 Å². The minimum absolute atomic E-state index is 0.555. The fourth-order valence-corrected chi connectivity index (χ4v) is 12.2. The largest absolute Gasteiger partial charge is 0.310 e. The molecule has 0 radical (unpaired) electrons. The van der Waals surface area contributed by atoms with Gasteiger partial charge in [0.15, 0.2) is 19.4 Å². The minimum atomic E-state index is -2.89. The number of hydrogen-bond acceptors (Lipinski definition) is 0. The number of nitrogens with zero attached hydrogens (tertiary/aromatic N) is 3. The maximum atomic E-state index is 8.52. The first-order valence-electron chi connectivity index (χ1n) is 15.9. The van der Waals surface area contributed by atoms with Crippen LogP contribution in [0.2, 0.25) is 0 Å². The number of benzene rings is 7. The third kappa shape index (κ3) is 4.64. The van der Waals surface area contributed by atoms with Crippen molar-refractivity contribution >= 4 is 62.0 Å². The lowest BCUT2D eigenvalue weighted by molar-refractivity contribution is 1.18. The molecule has 4 heteroatoms. The first kappa shape index (κ1) is 29.0. The molecule has 0 bridgehead atoms. The Bertz CT molecular complexity index is 2370. The molecule has 0 aliphatic carbocycles. The van der Waals surface area contributed by atoms with Crippen molar-refractivity contribution in [2.24, 2.45) is 0 Å². The molecular formula is C44H29N3Si. The van der Waals surface area contributed by atoms with Crippen molar-refractivity contribution < 1.29 is 0 Å². The lowest BCUT2D eigenvalue weighted by Gasteiger charge is -2.35. The lowest BCUT2D eigenvalue weighted by atomic mass is 10.0. The number of hydrogen-bond donors (Lipinski definition) is 0. The molecule has 0 amide bonds. The van der Waals surface area contributed by atoms with Crippen LogP contribution < -0.4 is 20.7 Å². The second kappa shape index (κ2) is 12.0. The second-order valence-corrected chi connectivity index (χ2v) is 15.7. The topological polar surface area (TPSA) is 13.7 Å². The van der Waals surface area contributed by atoms with Crippen molar-refractivity contribution in [2.45, 2.75) is 0 Å². The molecule has 0 N–H and O–H groups in total. The summed E-state index contributed by atoms with van der Waals surface area (Å²) >= 11 is 0. The predicted molar refractivity (Wildman–Crippen MR) is 202 cm³/mol. The number of para-hydroxylation sites is 2. The standard InChI is InChI=1S/C44H29N3Si/c1-45-34-28-33(29-35(31-34)47-42-24-14-12-22-39(42)40-23-13-15-25-43(40)47)32-26-27-44(41(30-32)46-2)48(36-16-6-3-7-17-36,37-18-8-4-9-19-37)38-20-10-5-11-21-38/h3-31H. The van der Waals surface area contributed by atoms with E-state index in [2.05, 4.69) is 172 Å². The van der Waals surface area contributed by atoms with Gasteiger partial charge in [0.25, 0.3) is 0 Å². The number of rotatable bonds is 6. The first-order chi connectivity index (χ1) is 23.7. The van der Waals surface area contributed by atoms with Crippen molar-refractivity contribution in [1.82, 2.24) is 4.57 Å². The zero-order chi connectivity index (χ0) is 32.5. The van der Waals surface area contributed by atoms with E-state index >= 15 is 0 Å². The third-order valence-corrected chi connectivity index (χ3v) is 14.2. The maximum Gasteiger partial charge on any atom is 0.189 e. The van der Waals surface area contributed by atoms with E-state index in [-0.39, 0.29) is 0 Å². The van der Waals surface area contributed by atoms with Gasteiger partial charge in [-0.05, 0) is 68.3 Å². The van der Waals surface area contributed by atoms with E-state index in [0.29, 0.717) is 11.4 Å². The lowest BCUT2D eigenvalue weighted by Crippen LogP contribution is -2.74. The third-order valence-electron chi connectivity index (χ3n) is 9.35. The Morgan fingerprint density at radius 2 is 0.938 bits per heavy atom. The molecule has 3 nitrogen and oxygen atoms in total. The molecule has 1 aromatic heterocycles. The van der Waals surface area contributed by atoms with Gasteiger partial charge in [0.1, 0.15) is 0 Å². The monoisotopic (exact) mass is 627 g/mol. The van der Waals surface area contributed by atoms with Gasteiger partial charge in [-0.1, -0.05) is 140 Å². The quantitative estimate of drug-likeness (QED) is 0.0993. The van der Waals surface area contributed by atoms with Crippen LogP contribution in [0, 0.1) is 13.1 Å². The molecular weight excluding hydrogens is 599 g/mol. The van der Waals surface area contributed by atoms with Crippen LogP contribution in [-0.2, 0) is 0 Å². The highest BCUT2D eigenvalue weighted by atomic mass is 28.3. The van der Waals surface area contributed by atoms with Crippen LogP contribution in [0.1, 0.15) is 0 Å². The van der Waals surface area contributed by atoms with Crippen molar-refractivity contribution in [2.75, 3.05) is 0 Å². The van der Waals surface area contributed by atoms with Crippen LogP contribution in [0.15, 0.2) is 176 Å². The van der Waals surface area contributed by atoms with Gasteiger partial charge in [0, 0.05) is 16.5 Å². The summed E-state index contributed by atoms with van der Waals surface area (Å²) < 4.78 is 2.24. The highest BCUT2D eigenvalue weighted by molar-refractivity contribution is 7.20. The molecule has 0 atom stereocenters. The smallest absolute Gasteiger partial charge is 0.189 e. The average Bonchev–Trinajstić information content (AvgIpc) is 3.51. The van der Waals surface area contributed by atoms with Gasteiger partial charge in [0.05, 0.1) is 24.2 Å². The van der Waals surface area contributed by atoms with Crippen LogP contribution in [0.5, 0.6) is 0 Å². The summed E-state index contributed by atoms with van der Waals surface area (Å²) in [6, 6.07) is 61.2. The number of fused-ring (bicyclic) bond motifs is 3. The molecule has 0 unspecified atom stereocenters. The zero-order valence-corrected chi connectivity index (χ0v) is 27.1. The van der Waals surface area contributed by atoms with Gasteiger partial charge in [-0.25, -0.2) is 9.69 Å². The van der Waals surface area contributed by atoms with E-state index < -0.39 is 8.07 Å². The Kier molecular flexibility index (Phi) is 7.27. The van der Waals surface area contributed by atoms with Crippen molar-refractivity contribution in [3.8, 4) is 16.8 Å². The van der Waals surface area contributed by atoms with Crippen molar-refractivity contribution in [3.05, 3.63) is 199 Å². The molecule has 7 aromatic carbocycles. The molecule has 0 fully saturated rings. The Morgan fingerprint density at radius 1 is 0.438 bits per heavy atom. The van der Waals surface area contributed by atoms with E-state index in [1.165, 1.54) is 26.3 Å². The Balaban J connectivity index is 1.37. The molecule has 1 heterocycles. The van der Waals surface area contributed by atoms with Crippen LogP contribution in [0.25, 0.3) is 48.3 Å². The van der Waals surface area contributed by atoms with Crippen LogP contribution >= 0.6 is 0 Å². The van der Waals surface area contributed by atoms with E-state index in [1.54, 1.807) is 0 Å². The fourth-order valence-electron chi connectivity index (χ4n) is 7.31. The molecule has 48 heavy (non-hydrogen) atoms. The molecule has 0 spiro atoms. The van der Waals surface area contributed by atoms with Gasteiger partial charge < -0.3 is 4.57 Å². The van der Waals surface area contributed by atoms with Crippen LogP contribution in [0.3, 0.4) is 0 Å². The summed E-state index contributed by atoms with van der Waals surface area (Å²) in [4.78, 5) is 8.10. The predicted octanol–water partition coefficient (Wildman–Crippen LogP) is 8.93. The summed E-state index contributed by atoms with van der Waals surface area (Å²) in [5.41, 5.74) is 6.10. The van der Waals surface area contributed by atoms with Crippen LogP contribution in [-0.4, -0.2) is 12.6 Å². The van der Waals surface area contributed by atoms with Crippen molar-refractivity contribution in [3.63, 3.8) is 0 Å². The molecule has 0 aliphatic rings. The Hall–Kier alpha value is -6.46. The SMILES string of the molecule is [C-]#[N+]c1cc(-c2ccc([Si](c3ccccc3)(c3ccccc3)c3ccccc3)c([N+]#[C-])c2)cc(-n2c3ccccc3c3ccccc32)c1. The van der Waals surface area contributed by atoms with Gasteiger partial charge in [-0.2, -0.15) is 0 Å². The highest BCUT2D eigenvalue weighted by Gasteiger charge is 2.42. The second-order valence-electron chi connectivity index (χ2n) is 11.9. The van der Waals surface area contributed by atoms with E-state index in [4.69, 9.17) is 13.1 Å². The molecule has 0 saturated heterocycles. The summed E-state index contributed by atoms with van der Waals surface area (Å²) in [7, 11) is -2.89. The van der Waals surface area contributed by atoms with Crippen LogP contribution in [0.4, 0.5) is 11.4 Å². The Labute approximate surface area is 281 Å². The van der Waals surface area contributed by atoms with Gasteiger partial charge in [-0.15, -0.1) is 0 Å². The normalized spacial score (nSPS) is 11.3. The van der Waals surface area contributed by atoms with Gasteiger partial charge >= 0.3 is 0 Å². The van der Waals surface area contributed by atoms with Gasteiger partial charge in [0.2, 0.25) is 0 Å². The summed E-state index contributed by atoms with van der Waals surface area (Å²) in [5, 5.41) is 7.07. The summed E-state index contributed by atoms with van der Waals surface area (Å²) in [5.74, 6) is 0. The zero-order valence-electron chi connectivity index (χ0n) is 26.1. The molecule has 0 saturated carbocycles. The van der Waals surface area contributed by atoms with E-state index in [0.717, 1.165) is 33.0 Å². The van der Waals surface area contributed by atoms with E-state index in [1.807, 2.05) is 18.2 Å². The van der Waals surface area contributed by atoms with Gasteiger partial charge in [-0.3, -0.25) is 0 Å². The molecule has 8 rings (SSSR count). The Morgan fingerprint density at radius 3 is 1.44 bits per heavy atom. The molecule has 224 valence electrons. The summed E-state index contributed by atoms with van der Waals surface area (Å²) in [6.07, 6.45) is 0. The van der Waals surface area contributed by atoms with Crippen molar-refractivity contribution in [1.29, 1.82) is 0 Å². The highest BCUT2D eigenvalue weighted by Crippen LogP contribution is 2.36. The maximum absolute atomic E-state index is 8.52. The average molecular weight is 628 g/mol.